The Morgan fingerprint density at radius 3 is 2.20 bits per heavy atom. The van der Waals surface area contributed by atoms with Gasteiger partial charge in [-0.25, -0.2) is 4.79 Å². The van der Waals surface area contributed by atoms with Gasteiger partial charge < -0.3 is 23.8 Å². The molecule has 218 valence electrons. The first-order chi connectivity index (χ1) is 19.5. The topological polar surface area (TPSA) is 74.3 Å². The van der Waals surface area contributed by atoms with E-state index in [1.807, 2.05) is 61.2 Å². The van der Waals surface area contributed by atoms with Crippen LogP contribution in [0.15, 0.2) is 48.5 Å². The van der Waals surface area contributed by atoms with Gasteiger partial charge in [0.25, 0.3) is 0 Å². The lowest BCUT2D eigenvalue weighted by atomic mass is 9.81. The van der Waals surface area contributed by atoms with E-state index in [4.69, 9.17) is 18.9 Å². The van der Waals surface area contributed by atoms with Crippen LogP contribution in [0.4, 0.5) is 5.69 Å². The van der Waals surface area contributed by atoms with Gasteiger partial charge in [-0.2, -0.15) is 0 Å². The van der Waals surface area contributed by atoms with Crippen molar-refractivity contribution in [3.63, 3.8) is 0 Å². The van der Waals surface area contributed by atoms with E-state index in [0.717, 1.165) is 56.9 Å². The maximum Gasteiger partial charge on any atom is 0.340 e. The van der Waals surface area contributed by atoms with Crippen molar-refractivity contribution in [3.05, 3.63) is 59.7 Å². The van der Waals surface area contributed by atoms with Gasteiger partial charge in [0.1, 0.15) is 12.4 Å². The largest absolute Gasteiger partial charge is 0.489 e. The molecule has 0 aromatic heterocycles. The minimum absolute atomic E-state index is 0.0411. The van der Waals surface area contributed by atoms with Gasteiger partial charge in [0, 0.05) is 24.8 Å². The second-order valence-electron chi connectivity index (χ2n) is 10.9. The molecule has 1 aliphatic heterocycles. The van der Waals surface area contributed by atoms with E-state index in [0.29, 0.717) is 42.7 Å². The summed E-state index contributed by atoms with van der Waals surface area (Å²) < 4.78 is 23.1. The highest BCUT2D eigenvalue weighted by atomic mass is 16.7. The van der Waals surface area contributed by atoms with Gasteiger partial charge in [0.2, 0.25) is 5.91 Å². The Morgan fingerprint density at radius 1 is 0.925 bits per heavy atom. The lowest BCUT2D eigenvalue weighted by Crippen LogP contribution is -2.49. The molecule has 3 fully saturated rings. The van der Waals surface area contributed by atoms with Gasteiger partial charge in [-0.3, -0.25) is 4.79 Å². The molecule has 1 spiro atoms. The summed E-state index contributed by atoms with van der Waals surface area (Å²) in [6, 6.07) is 15.2. The van der Waals surface area contributed by atoms with Crippen LogP contribution in [0.1, 0.15) is 88.1 Å². The number of amides is 1. The minimum atomic E-state index is -0.522. The first kappa shape index (κ1) is 30.1. The number of nitrogens with zero attached hydrogens (tertiary/aromatic N) is 1. The highest BCUT2D eigenvalue weighted by molar-refractivity contribution is 6.04. The normalized spacial score (nSPS) is 22.2. The Labute approximate surface area is 239 Å². The molecule has 2 saturated carbocycles. The van der Waals surface area contributed by atoms with E-state index >= 15 is 0 Å². The molecule has 0 bridgehead atoms. The van der Waals surface area contributed by atoms with Gasteiger partial charge in [0.15, 0.2) is 5.79 Å². The number of esters is 1. The van der Waals surface area contributed by atoms with Gasteiger partial charge in [-0.05, 0) is 68.2 Å². The Morgan fingerprint density at radius 2 is 1.57 bits per heavy atom. The zero-order valence-electron chi connectivity index (χ0n) is 24.5. The van der Waals surface area contributed by atoms with E-state index in [-0.39, 0.29) is 17.9 Å². The number of benzene rings is 2. The molecule has 7 heteroatoms. The van der Waals surface area contributed by atoms with Crippen molar-refractivity contribution in [2.75, 3.05) is 25.2 Å². The fraction of sp³-hybridized carbons (Fsp3) is 0.576. The number of carbonyl (C=O) groups is 2. The zero-order chi connectivity index (χ0) is 28.5. The van der Waals surface area contributed by atoms with Crippen molar-refractivity contribution >= 4 is 17.6 Å². The van der Waals surface area contributed by atoms with Crippen molar-refractivity contribution in [1.82, 2.24) is 0 Å². The lowest BCUT2D eigenvalue weighted by Gasteiger charge is -2.42. The van der Waals surface area contributed by atoms with Crippen LogP contribution >= 0.6 is 0 Å². The van der Waals surface area contributed by atoms with Crippen LogP contribution in [0.3, 0.4) is 0 Å². The fourth-order valence-electron chi connectivity index (χ4n) is 6.11. The Hall–Kier alpha value is -2.90. The molecular formula is C33H45NO6. The molecule has 0 unspecified atom stereocenters. The van der Waals surface area contributed by atoms with Crippen molar-refractivity contribution in [2.24, 2.45) is 11.8 Å². The van der Waals surface area contributed by atoms with Crippen LogP contribution in [-0.4, -0.2) is 44.0 Å². The van der Waals surface area contributed by atoms with Gasteiger partial charge in [-0.15, -0.1) is 0 Å². The summed E-state index contributed by atoms with van der Waals surface area (Å²) in [7, 11) is 1.37. The van der Waals surface area contributed by atoms with Crippen LogP contribution in [0.5, 0.6) is 5.75 Å². The Kier molecular flexibility index (Phi) is 10.6. The maximum absolute atomic E-state index is 14.2. The van der Waals surface area contributed by atoms with Crippen LogP contribution in [0.25, 0.3) is 0 Å². The third kappa shape index (κ3) is 7.05. The highest BCUT2D eigenvalue weighted by Crippen LogP contribution is 2.41. The monoisotopic (exact) mass is 551 g/mol. The van der Waals surface area contributed by atoms with E-state index < -0.39 is 11.8 Å². The number of ether oxygens (including phenoxy) is 4. The average molecular weight is 552 g/mol. The van der Waals surface area contributed by atoms with Gasteiger partial charge in [0.05, 0.1) is 31.6 Å². The molecule has 5 rings (SSSR count). The molecule has 40 heavy (non-hydrogen) atoms. The molecule has 1 heterocycles. The first-order valence-electron chi connectivity index (χ1n) is 15.0. The minimum Gasteiger partial charge on any atom is -0.489 e. The lowest BCUT2D eigenvalue weighted by molar-refractivity contribution is -0.179. The summed E-state index contributed by atoms with van der Waals surface area (Å²) in [6.07, 6.45) is 6.83. The van der Waals surface area contributed by atoms with Gasteiger partial charge in [-0.1, -0.05) is 51.1 Å². The molecule has 0 radical (unpaired) electrons. The SMILES string of the molecule is CC.COC(=O)c1cc(OCc2ccccc2)ccc1N(C(=O)C1CCC(C)CC1)C1CCC2(CC1)OCCO2. The quantitative estimate of drug-likeness (QED) is 0.348. The molecular weight excluding hydrogens is 506 g/mol. The second kappa shape index (κ2) is 14.1. The van der Waals surface area contributed by atoms with E-state index in [9.17, 15) is 9.59 Å². The van der Waals surface area contributed by atoms with Crippen LogP contribution in [-0.2, 0) is 25.6 Å². The van der Waals surface area contributed by atoms with Crippen LogP contribution < -0.4 is 9.64 Å². The van der Waals surface area contributed by atoms with Crippen molar-refractivity contribution in [2.45, 2.75) is 90.6 Å². The van der Waals surface area contributed by atoms with Crippen molar-refractivity contribution < 1.29 is 28.5 Å². The number of rotatable bonds is 7. The highest BCUT2D eigenvalue weighted by Gasteiger charge is 2.44. The summed E-state index contributed by atoms with van der Waals surface area (Å²) in [5.74, 6) is 0.272. The molecule has 2 aromatic carbocycles. The molecule has 1 saturated heterocycles. The summed E-state index contributed by atoms with van der Waals surface area (Å²) >= 11 is 0. The smallest absolute Gasteiger partial charge is 0.340 e. The summed E-state index contributed by atoms with van der Waals surface area (Å²) in [4.78, 5) is 29.1. The number of carbonyl (C=O) groups excluding carboxylic acids is 2. The Bertz CT molecular complexity index is 1100. The maximum atomic E-state index is 14.2. The second-order valence-corrected chi connectivity index (χ2v) is 10.9. The standard InChI is InChI=1S/C31H39NO6.C2H6/c1-22-8-10-24(11-9-22)29(33)32(25-14-16-31(17-15-25)37-18-19-38-31)28-13-12-26(20-27(28)30(34)35-2)36-21-23-6-4-3-5-7-23;1-2/h3-7,12-13,20,22,24-25H,8-11,14-19,21H2,1-2H3;1-2H3. The van der Waals surface area contributed by atoms with Crippen LogP contribution in [0, 0.1) is 11.8 Å². The van der Waals surface area contributed by atoms with E-state index in [2.05, 4.69) is 6.92 Å². The van der Waals surface area contributed by atoms with E-state index in [1.165, 1.54) is 7.11 Å². The Balaban J connectivity index is 0.00000181. The molecule has 2 aromatic rings. The summed E-state index contributed by atoms with van der Waals surface area (Å²) in [6.45, 7) is 7.87. The molecule has 3 aliphatic rings. The third-order valence-corrected chi connectivity index (χ3v) is 8.38. The van der Waals surface area contributed by atoms with Crippen molar-refractivity contribution in [1.29, 1.82) is 0 Å². The predicted octanol–water partition coefficient (Wildman–Crippen LogP) is 6.92. The number of hydrogen-bond donors (Lipinski definition) is 0. The van der Waals surface area contributed by atoms with E-state index in [1.54, 1.807) is 6.07 Å². The molecule has 7 nitrogen and oxygen atoms in total. The first-order valence-corrected chi connectivity index (χ1v) is 15.0. The number of methoxy groups -OCH3 is 1. The average Bonchev–Trinajstić information content (AvgIpc) is 3.46. The number of hydrogen-bond acceptors (Lipinski definition) is 6. The summed E-state index contributed by atoms with van der Waals surface area (Å²) in [5.41, 5.74) is 1.98. The van der Waals surface area contributed by atoms with Crippen molar-refractivity contribution in [3.8, 4) is 5.75 Å². The fourth-order valence-corrected chi connectivity index (χ4v) is 6.11. The molecule has 2 aliphatic carbocycles. The molecule has 1 amide bonds. The molecule has 0 atom stereocenters. The molecule has 0 N–H and O–H groups in total. The zero-order valence-corrected chi connectivity index (χ0v) is 24.5. The third-order valence-electron chi connectivity index (χ3n) is 8.38. The van der Waals surface area contributed by atoms with Gasteiger partial charge >= 0.3 is 5.97 Å². The van der Waals surface area contributed by atoms with Crippen LogP contribution in [0.2, 0.25) is 0 Å². The number of anilines is 1. The summed E-state index contributed by atoms with van der Waals surface area (Å²) in [5, 5.41) is 0. The predicted molar refractivity (Wildman–Crippen MR) is 155 cm³/mol.